The van der Waals surface area contributed by atoms with Gasteiger partial charge < -0.3 is 15.2 Å². The summed E-state index contributed by atoms with van der Waals surface area (Å²) in [5, 5.41) is 11.7. The van der Waals surface area contributed by atoms with E-state index in [1.807, 2.05) is 0 Å². The van der Waals surface area contributed by atoms with Crippen molar-refractivity contribution in [3.05, 3.63) is 35.4 Å². The van der Waals surface area contributed by atoms with Crippen LogP contribution in [0, 0.1) is 0 Å². The molecule has 3 heteroatoms. The molecule has 1 aromatic rings. The molecule has 1 rings (SSSR count). The highest BCUT2D eigenvalue weighted by atomic mass is 16.5. The fraction of sp³-hybridized carbons (Fsp3) is 0.455. The van der Waals surface area contributed by atoms with Crippen LogP contribution in [0.5, 0.6) is 0 Å². The maximum Gasteiger partial charge on any atom is 0.0713 e. The zero-order valence-electron chi connectivity index (χ0n) is 8.49. The summed E-state index contributed by atoms with van der Waals surface area (Å²) in [7, 11) is 1.69. The van der Waals surface area contributed by atoms with Gasteiger partial charge in [-0.1, -0.05) is 24.3 Å². The van der Waals surface area contributed by atoms with Crippen LogP contribution < -0.4 is 5.32 Å². The smallest absolute Gasteiger partial charge is 0.0713 e. The van der Waals surface area contributed by atoms with Gasteiger partial charge in [0.2, 0.25) is 0 Å². The Morgan fingerprint density at radius 2 is 1.86 bits per heavy atom. The number of ether oxygens (including phenoxy) is 1. The van der Waals surface area contributed by atoms with Gasteiger partial charge in [-0.05, 0) is 11.1 Å². The van der Waals surface area contributed by atoms with E-state index in [-0.39, 0.29) is 6.61 Å². The van der Waals surface area contributed by atoms with Crippen LogP contribution in [0.15, 0.2) is 24.3 Å². The summed E-state index contributed by atoms with van der Waals surface area (Å²) >= 11 is 0. The lowest BCUT2D eigenvalue weighted by Crippen LogP contribution is -2.17. The quantitative estimate of drug-likeness (QED) is 0.663. The summed E-state index contributed by atoms with van der Waals surface area (Å²) in [5.41, 5.74) is 2.40. The molecule has 78 valence electrons. The van der Waals surface area contributed by atoms with Crippen molar-refractivity contribution in [3.8, 4) is 0 Å². The van der Waals surface area contributed by atoms with Crippen molar-refractivity contribution in [2.75, 3.05) is 20.3 Å². The molecule has 0 bridgehead atoms. The normalized spacial score (nSPS) is 10.4. The monoisotopic (exact) mass is 195 g/mol. The maximum atomic E-state index is 8.58. The maximum absolute atomic E-state index is 8.58. The molecule has 0 aliphatic heterocycles. The number of hydrogen-bond acceptors (Lipinski definition) is 3. The summed E-state index contributed by atoms with van der Waals surface area (Å²) < 4.78 is 5.02. The molecule has 0 saturated heterocycles. The summed E-state index contributed by atoms with van der Waals surface area (Å²) in [4.78, 5) is 0. The second-order valence-corrected chi connectivity index (χ2v) is 3.15. The van der Waals surface area contributed by atoms with Gasteiger partial charge in [-0.3, -0.25) is 0 Å². The highest BCUT2D eigenvalue weighted by Gasteiger charge is 1.93. The van der Waals surface area contributed by atoms with Crippen LogP contribution in [0.1, 0.15) is 11.1 Å². The number of nitrogens with one attached hydrogen (secondary N) is 1. The van der Waals surface area contributed by atoms with Crippen molar-refractivity contribution in [1.82, 2.24) is 5.32 Å². The van der Waals surface area contributed by atoms with Crippen molar-refractivity contribution < 1.29 is 9.84 Å². The molecular weight excluding hydrogens is 178 g/mol. The molecule has 0 fully saturated rings. The van der Waals surface area contributed by atoms with E-state index in [1.165, 1.54) is 11.1 Å². The molecule has 0 unspecified atom stereocenters. The molecule has 0 radical (unpaired) electrons. The summed E-state index contributed by atoms with van der Waals surface area (Å²) in [6.07, 6.45) is 0. The first kappa shape index (κ1) is 11.2. The van der Waals surface area contributed by atoms with Crippen LogP contribution in [-0.4, -0.2) is 25.4 Å². The number of rotatable bonds is 6. The SMILES string of the molecule is COCc1ccc(CNCCO)cc1. The lowest BCUT2D eigenvalue weighted by molar-refractivity contribution is 0.185. The van der Waals surface area contributed by atoms with Gasteiger partial charge in [0.15, 0.2) is 0 Å². The molecule has 1 aromatic carbocycles. The van der Waals surface area contributed by atoms with E-state index in [4.69, 9.17) is 9.84 Å². The predicted octanol–water partition coefficient (Wildman–Crippen LogP) is 0.915. The number of methoxy groups -OCH3 is 1. The van der Waals surface area contributed by atoms with E-state index >= 15 is 0 Å². The molecule has 0 amide bonds. The second kappa shape index (κ2) is 6.54. The first-order chi connectivity index (χ1) is 6.86. The van der Waals surface area contributed by atoms with Crippen LogP contribution in [0.4, 0.5) is 0 Å². The zero-order chi connectivity index (χ0) is 10.2. The van der Waals surface area contributed by atoms with E-state index in [9.17, 15) is 0 Å². The standard InChI is InChI=1S/C11H17NO2/c1-14-9-11-4-2-10(3-5-11)8-12-6-7-13/h2-5,12-13H,6-9H2,1H3. The van der Waals surface area contributed by atoms with Crippen LogP contribution in [0.25, 0.3) is 0 Å². The average molecular weight is 195 g/mol. The first-order valence-electron chi connectivity index (χ1n) is 4.75. The van der Waals surface area contributed by atoms with E-state index in [0.29, 0.717) is 13.2 Å². The number of hydrogen-bond donors (Lipinski definition) is 2. The Hall–Kier alpha value is -0.900. The van der Waals surface area contributed by atoms with Gasteiger partial charge >= 0.3 is 0 Å². The second-order valence-electron chi connectivity index (χ2n) is 3.15. The largest absolute Gasteiger partial charge is 0.395 e. The summed E-state index contributed by atoms with van der Waals surface area (Å²) in [6.45, 7) is 2.28. The van der Waals surface area contributed by atoms with E-state index < -0.39 is 0 Å². The summed E-state index contributed by atoms with van der Waals surface area (Å²) in [5.74, 6) is 0. The fourth-order valence-electron chi connectivity index (χ4n) is 1.23. The fourth-order valence-corrected chi connectivity index (χ4v) is 1.23. The van der Waals surface area contributed by atoms with Gasteiger partial charge in [0, 0.05) is 20.2 Å². The minimum absolute atomic E-state index is 0.182. The number of benzene rings is 1. The third-order valence-electron chi connectivity index (χ3n) is 1.95. The Morgan fingerprint density at radius 3 is 2.43 bits per heavy atom. The van der Waals surface area contributed by atoms with Crippen molar-refractivity contribution in [3.63, 3.8) is 0 Å². The molecule has 0 spiro atoms. The van der Waals surface area contributed by atoms with Gasteiger partial charge in [-0.25, -0.2) is 0 Å². The molecule has 0 saturated carbocycles. The van der Waals surface area contributed by atoms with Crippen LogP contribution >= 0.6 is 0 Å². The summed E-state index contributed by atoms with van der Waals surface area (Å²) in [6, 6.07) is 8.25. The van der Waals surface area contributed by atoms with Crippen LogP contribution in [0.2, 0.25) is 0 Å². The van der Waals surface area contributed by atoms with E-state index in [0.717, 1.165) is 6.54 Å². The van der Waals surface area contributed by atoms with Gasteiger partial charge in [0.1, 0.15) is 0 Å². The number of aliphatic hydroxyl groups is 1. The van der Waals surface area contributed by atoms with Gasteiger partial charge in [0.25, 0.3) is 0 Å². The third-order valence-corrected chi connectivity index (χ3v) is 1.95. The number of aliphatic hydroxyl groups excluding tert-OH is 1. The first-order valence-corrected chi connectivity index (χ1v) is 4.75. The molecule has 0 atom stereocenters. The predicted molar refractivity (Wildman–Crippen MR) is 55.9 cm³/mol. The zero-order valence-corrected chi connectivity index (χ0v) is 8.49. The Labute approximate surface area is 84.7 Å². The Kier molecular flexibility index (Phi) is 5.22. The average Bonchev–Trinajstić information content (AvgIpc) is 2.21. The third kappa shape index (κ3) is 3.87. The van der Waals surface area contributed by atoms with Crippen molar-refractivity contribution in [1.29, 1.82) is 0 Å². The Bertz CT molecular complexity index is 246. The van der Waals surface area contributed by atoms with Crippen LogP contribution in [-0.2, 0) is 17.9 Å². The topological polar surface area (TPSA) is 41.5 Å². The van der Waals surface area contributed by atoms with Crippen molar-refractivity contribution >= 4 is 0 Å². The molecule has 0 heterocycles. The molecule has 0 aromatic heterocycles. The molecule has 0 aliphatic carbocycles. The van der Waals surface area contributed by atoms with E-state index in [2.05, 4.69) is 29.6 Å². The molecule has 3 nitrogen and oxygen atoms in total. The Morgan fingerprint density at radius 1 is 1.21 bits per heavy atom. The molecule has 0 aliphatic rings. The van der Waals surface area contributed by atoms with Gasteiger partial charge in [0.05, 0.1) is 13.2 Å². The van der Waals surface area contributed by atoms with Gasteiger partial charge in [-0.15, -0.1) is 0 Å². The van der Waals surface area contributed by atoms with Crippen molar-refractivity contribution in [2.45, 2.75) is 13.2 Å². The van der Waals surface area contributed by atoms with Crippen LogP contribution in [0.3, 0.4) is 0 Å². The van der Waals surface area contributed by atoms with Crippen molar-refractivity contribution in [2.24, 2.45) is 0 Å². The highest BCUT2D eigenvalue weighted by Crippen LogP contribution is 2.04. The van der Waals surface area contributed by atoms with Gasteiger partial charge in [-0.2, -0.15) is 0 Å². The minimum atomic E-state index is 0.182. The highest BCUT2D eigenvalue weighted by molar-refractivity contribution is 5.21. The lowest BCUT2D eigenvalue weighted by atomic mass is 10.1. The Balaban J connectivity index is 2.38. The molecule has 14 heavy (non-hydrogen) atoms. The van der Waals surface area contributed by atoms with E-state index in [1.54, 1.807) is 7.11 Å². The molecule has 2 N–H and O–H groups in total. The molecular formula is C11H17NO2. The lowest BCUT2D eigenvalue weighted by Gasteiger charge is -2.04. The minimum Gasteiger partial charge on any atom is -0.395 e.